The molecule has 0 saturated carbocycles. The van der Waals surface area contributed by atoms with E-state index in [-0.39, 0.29) is 0 Å². The third-order valence-corrected chi connectivity index (χ3v) is 4.95. The molecule has 2 aromatic carbocycles. The van der Waals surface area contributed by atoms with Gasteiger partial charge in [-0.2, -0.15) is 5.10 Å². The van der Waals surface area contributed by atoms with Gasteiger partial charge in [0.25, 0.3) is 0 Å². The zero-order valence-corrected chi connectivity index (χ0v) is 18.3. The zero-order chi connectivity index (χ0) is 21.3. The number of thiazole rings is 1. The van der Waals surface area contributed by atoms with E-state index in [1.165, 1.54) is 11.3 Å². The Kier molecular flexibility index (Phi) is 7.51. The van der Waals surface area contributed by atoms with Gasteiger partial charge < -0.3 is 18.9 Å². The summed E-state index contributed by atoms with van der Waals surface area (Å²) in [6, 6.07) is 11.4. The summed E-state index contributed by atoms with van der Waals surface area (Å²) in [6.07, 6.45) is 2.64. The van der Waals surface area contributed by atoms with Crippen molar-refractivity contribution in [1.82, 2.24) is 4.98 Å². The fourth-order valence-electron chi connectivity index (χ4n) is 2.71. The first-order chi connectivity index (χ1) is 14.7. The molecule has 0 atom stereocenters. The topological polar surface area (TPSA) is 74.2 Å². The Morgan fingerprint density at radius 1 is 0.967 bits per heavy atom. The molecule has 7 nitrogen and oxygen atoms in total. The maximum Gasteiger partial charge on any atom is 0.203 e. The second-order valence-electron chi connectivity index (χ2n) is 6.24. The number of nitrogens with zero attached hydrogens (tertiary/aromatic N) is 2. The molecule has 0 bridgehead atoms. The summed E-state index contributed by atoms with van der Waals surface area (Å²) in [5, 5.41) is 6.94. The molecule has 0 spiro atoms. The van der Waals surface area contributed by atoms with Gasteiger partial charge >= 0.3 is 0 Å². The van der Waals surface area contributed by atoms with Crippen molar-refractivity contribution < 1.29 is 18.9 Å². The van der Waals surface area contributed by atoms with Crippen LogP contribution >= 0.6 is 11.3 Å². The van der Waals surface area contributed by atoms with Crippen LogP contribution < -0.4 is 24.4 Å². The highest BCUT2D eigenvalue weighted by Crippen LogP contribution is 2.33. The third kappa shape index (κ3) is 5.21. The van der Waals surface area contributed by atoms with E-state index in [1.807, 2.05) is 41.8 Å². The standard InChI is InChI=1S/C22H25N3O4S/c1-5-10-29-21-11-15(6-8-19(21)27-3)13-23-25-22-24-17(14-30-22)16-7-9-18(26-2)20(12-16)28-4/h6-9,11-14H,5,10H2,1-4H3,(H,24,25)/b23-13-. The molecule has 8 heteroatoms. The molecule has 0 aliphatic carbocycles. The normalized spacial score (nSPS) is 10.8. The number of benzene rings is 2. The number of methoxy groups -OCH3 is 3. The Balaban J connectivity index is 1.69. The van der Waals surface area contributed by atoms with Crippen LogP contribution in [-0.2, 0) is 0 Å². The van der Waals surface area contributed by atoms with Crippen LogP contribution in [0.1, 0.15) is 18.9 Å². The lowest BCUT2D eigenvalue weighted by Crippen LogP contribution is -1.99. The molecule has 0 saturated heterocycles. The number of ether oxygens (including phenoxy) is 4. The Labute approximate surface area is 180 Å². The maximum atomic E-state index is 5.73. The van der Waals surface area contributed by atoms with E-state index in [9.17, 15) is 0 Å². The van der Waals surface area contributed by atoms with E-state index in [0.717, 1.165) is 23.2 Å². The smallest absolute Gasteiger partial charge is 0.203 e. The van der Waals surface area contributed by atoms with Crippen molar-refractivity contribution in [3.8, 4) is 34.3 Å². The van der Waals surface area contributed by atoms with E-state index < -0.39 is 0 Å². The van der Waals surface area contributed by atoms with Crippen molar-refractivity contribution in [1.29, 1.82) is 0 Å². The predicted octanol–water partition coefficient (Wildman–Crippen LogP) is 5.07. The van der Waals surface area contributed by atoms with Gasteiger partial charge in [-0.15, -0.1) is 11.3 Å². The fourth-order valence-corrected chi connectivity index (χ4v) is 3.38. The molecule has 1 N–H and O–H groups in total. The number of hydrogen-bond acceptors (Lipinski definition) is 8. The number of hydrazone groups is 1. The van der Waals surface area contributed by atoms with Gasteiger partial charge in [-0.1, -0.05) is 6.92 Å². The summed E-state index contributed by atoms with van der Waals surface area (Å²) in [6.45, 7) is 2.69. The van der Waals surface area contributed by atoms with E-state index in [4.69, 9.17) is 18.9 Å². The molecule has 0 radical (unpaired) electrons. The number of anilines is 1. The van der Waals surface area contributed by atoms with Crippen molar-refractivity contribution in [2.75, 3.05) is 33.4 Å². The summed E-state index contributed by atoms with van der Waals surface area (Å²) in [4.78, 5) is 4.58. The minimum Gasteiger partial charge on any atom is -0.493 e. The largest absolute Gasteiger partial charge is 0.493 e. The van der Waals surface area contributed by atoms with Crippen LogP contribution in [0, 0.1) is 0 Å². The summed E-state index contributed by atoms with van der Waals surface area (Å²) in [5.74, 6) is 2.75. The molecule has 0 aliphatic rings. The molecule has 1 aromatic heterocycles. The van der Waals surface area contributed by atoms with E-state index in [0.29, 0.717) is 34.7 Å². The highest BCUT2D eigenvalue weighted by molar-refractivity contribution is 7.14. The third-order valence-electron chi connectivity index (χ3n) is 4.21. The van der Waals surface area contributed by atoms with E-state index in [2.05, 4.69) is 22.4 Å². The molecule has 3 aromatic rings. The van der Waals surface area contributed by atoms with Crippen LogP contribution in [0.3, 0.4) is 0 Å². The van der Waals surface area contributed by atoms with Crippen molar-refractivity contribution in [2.24, 2.45) is 5.10 Å². The zero-order valence-electron chi connectivity index (χ0n) is 17.5. The average molecular weight is 428 g/mol. The second-order valence-corrected chi connectivity index (χ2v) is 7.09. The maximum absolute atomic E-state index is 5.73. The van der Waals surface area contributed by atoms with Gasteiger partial charge in [-0.3, -0.25) is 5.43 Å². The van der Waals surface area contributed by atoms with Crippen LogP contribution in [0.15, 0.2) is 46.9 Å². The Bertz CT molecular complexity index is 1000. The van der Waals surface area contributed by atoms with E-state index in [1.54, 1.807) is 27.5 Å². The van der Waals surface area contributed by atoms with E-state index >= 15 is 0 Å². The van der Waals surface area contributed by atoms with Gasteiger partial charge in [0.05, 0.1) is 39.8 Å². The molecule has 0 fully saturated rings. The summed E-state index contributed by atoms with van der Waals surface area (Å²) >= 11 is 1.47. The van der Waals surface area contributed by atoms with Crippen LogP contribution in [0.5, 0.6) is 23.0 Å². The Morgan fingerprint density at radius 3 is 2.43 bits per heavy atom. The lowest BCUT2D eigenvalue weighted by Gasteiger charge is -2.10. The number of aromatic nitrogens is 1. The molecule has 0 amide bonds. The minimum absolute atomic E-state index is 0.632. The lowest BCUT2D eigenvalue weighted by molar-refractivity contribution is 0.294. The van der Waals surface area contributed by atoms with Crippen molar-refractivity contribution >= 4 is 22.7 Å². The monoisotopic (exact) mass is 427 g/mol. The fraction of sp³-hybridized carbons (Fsp3) is 0.273. The lowest BCUT2D eigenvalue weighted by atomic mass is 10.1. The summed E-state index contributed by atoms with van der Waals surface area (Å²) < 4.78 is 21.7. The van der Waals surface area contributed by atoms with Crippen LogP contribution in [0.25, 0.3) is 11.3 Å². The molecule has 30 heavy (non-hydrogen) atoms. The highest BCUT2D eigenvalue weighted by Gasteiger charge is 2.09. The average Bonchev–Trinajstić information content (AvgIpc) is 3.26. The first kappa shape index (κ1) is 21.4. The minimum atomic E-state index is 0.632. The molecule has 3 rings (SSSR count). The van der Waals surface area contributed by atoms with Gasteiger partial charge in [0, 0.05) is 10.9 Å². The molecule has 0 unspecified atom stereocenters. The first-order valence-electron chi connectivity index (χ1n) is 9.46. The van der Waals surface area contributed by atoms with Gasteiger partial charge in [-0.05, 0) is 48.4 Å². The molecule has 158 valence electrons. The van der Waals surface area contributed by atoms with Crippen molar-refractivity contribution in [3.63, 3.8) is 0 Å². The number of hydrogen-bond donors (Lipinski definition) is 1. The van der Waals surface area contributed by atoms with Gasteiger partial charge in [0.1, 0.15) is 0 Å². The quantitative estimate of drug-likeness (QED) is 0.360. The number of nitrogens with one attached hydrogen (secondary N) is 1. The van der Waals surface area contributed by atoms with Gasteiger partial charge in [0.2, 0.25) is 5.13 Å². The molecule has 0 aliphatic heterocycles. The van der Waals surface area contributed by atoms with Gasteiger partial charge in [-0.25, -0.2) is 4.98 Å². The SMILES string of the molecule is CCCOc1cc(/C=N\Nc2nc(-c3ccc(OC)c(OC)c3)cs2)ccc1OC. The van der Waals surface area contributed by atoms with Crippen molar-refractivity contribution in [3.05, 3.63) is 47.3 Å². The van der Waals surface area contributed by atoms with Gasteiger partial charge in [0.15, 0.2) is 23.0 Å². The summed E-state index contributed by atoms with van der Waals surface area (Å²) in [7, 11) is 4.85. The summed E-state index contributed by atoms with van der Waals surface area (Å²) in [5.41, 5.74) is 5.64. The number of rotatable bonds is 10. The molecular weight excluding hydrogens is 402 g/mol. The highest BCUT2D eigenvalue weighted by atomic mass is 32.1. The van der Waals surface area contributed by atoms with Crippen LogP contribution in [-0.4, -0.2) is 39.1 Å². The first-order valence-corrected chi connectivity index (χ1v) is 10.3. The van der Waals surface area contributed by atoms with Crippen LogP contribution in [0.2, 0.25) is 0 Å². The van der Waals surface area contributed by atoms with Crippen LogP contribution in [0.4, 0.5) is 5.13 Å². The van der Waals surface area contributed by atoms with Crippen molar-refractivity contribution in [2.45, 2.75) is 13.3 Å². The Hall–Kier alpha value is -3.26. The second kappa shape index (κ2) is 10.5. The molecule has 1 heterocycles. The molecular formula is C22H25N3O4S. The Morgan fingerprint density at radius 2 is 1.70 bits per heavy atom. The predicted molar refractivity (Wildman–Crippen MR) is 121 cm³/mol.